The minimum atomic E-state index is -1.80. The summed E-state index contributed by atoms with van der Waals surface area (Å²) in [6.07, 6.45) is 0.301. The fraction of sp³-hybridized carbons (Fsp3) is 0.475. The third-order valence-corrected chi connectivity index (χ3v) is 9.59. The number of esters is 1. The lowest BCUT2D eigenvalue weighted by Gasteiger charge is -2.37. The van der Waals surface area contributed by atoms with Gasteiger partial charge < -0.3 is 39.1 Å². The zero-order valence-electron chi connectivity index (χ0n) is 31.5. The van der Waals surface area contributed by atoms with Crippen molar-refractivity contribution in [2.75, 3.05) is 72.4 Å². The number of amides is 1. The molecule has 0 aliphatic carbocycles. The number of anilines is 1. The number of halogens is 4. The molecule has 1 aliphatic rings. The fourth-order valence-electron chi connectivity index (χ4n) is 6.65. The number of ether oxygens (including phenoxy) is 6. The molecule has 0 bridgehead atoms. The quantitative estimate of drug-likeness (QED) is 0.0955. The molecule has 3 aromatic rings. The Balaban J connectivity index is 1.53. The lowest BCUT2D eigenvalue weighted by molar-refractivity contribution is -0.118. The molecule has 4 rings (SSSR count). The van der Waals surface area contributed by atoms with Gasteiger partial charge in [0.1, 0.15) is 29.4 Å². The standard InChI is InChI=1S/C40H47Cl2F2N3O8/c1-39(2,3)23-33-40(24-45,28-11-10-26(41)22-30(28)43)34(27-7-6-8-29(42)35(27)44)36(47-33)37(48)46-31-12-9-25(21-32(31)51-5)38(49)55-20-19-54-18-17-53-16-15-52-14-13-50-4/h6-12,21-22,33-34,36,47H,13-20,23H2,1-5H3,(H,46,48). The molecular formula is C40H47Cl2F2N3O8. The van der Waals surface area contributed by atoms with Crippen LogP contribution >= 0.6 is 23.2 Å². The lowest BCUT2D eigenvalue weighted by Crippen LogP contribution is -2.45. The van der Waals surface area contributed by atoms with Crippen LogP contribution in [0.5, 0.6) is 5.75 Å². The average molecular weight is 807 g/mol. The van der Waals surface area contributed by atoms with Gasteiger partial charge in [-0.2, -0.15) is 5.26 Å². The van der Waals surface area contributed by atoms with E-state index in [2.05, 4.69) is 16.7 Å². The number of hydrogen-bond acceptors (Lipinski definition) is 10. The Kier molecular flexibility index (Phi) is 16.2. The van der Waals surface area contributed by atoms with Crippen molar-refractivity contribution in [2.45, 2.75) is 50.6 Å². The Morgan fingerprint density at radius 3 is 2.16 bits per heavy atom. The van der Waals surface area contributed by atoms with Gasteiger partial charge in [0.15, 0.2) is 0 Å². The number of nitrogens with one attached hydrogen (secondary N) is 2. The van der Waals surface area contributed by atoms with E-state index in [0.29, 0.717) is 46.1 Å². The molecule has 1 heterocycles. The minimum Gasteiger partial charge on any atom is -0.495 e. The van der Waals surface area contributed by atoms with Crippen LogP contribution in [-0.4, -0.2) is 91.0 Å². The third-order valence-electron chi connectivity index (χ3n) is 9.06. The van der Waals surface area contributed by atoms with Crippen LogP contribution in [0.4, 0.5) is 14.5 Å². The molecule has 1 amide bonds. The predicted octanol–water partition coefficient (Wildman–Crippen LogP) is 7.09. The zero-order valence-corrected chi connectivity index (χ0v) is 33.0. The first-order valence-electron chi connectivity index (χ1n) is 17.7. The summed E-state index contributed by atoms with van der Waals surface area (Å²) in [4.78, 5) is 27.2. The molecule has 3 aromatic carbocycles. The smallest absolute Gasteiger partial charge is 0.338 e. The number of nitrogens with zero attached hydrogens (tertiary/aromatic N) is 1. The molecule has 2 N–H and O–H groups in total. The maximum atomic E-state index is 16.0. The summed E-state index contributed by atoms with van der Waals surface area (Å²) in [7, 11) is 2.96. The van der Waals surface area contributed by atoms with E-state index in [1.165, 1.54) is 55.6 Å². The lowest BCUT2D eigenvalue weighted by atomic mass is 9.62. The first kappa shape index (κ1) is 43.9. The Morgan fingerprint density at radius 1 is 0.909 bits per heavy atom. The van der Waals surface area contributed by atoms with Crippen molar-refractivity contribution >= 4 is 40.8 Å². The molecule has 0 spiro atoms. The summed E-state index contributed by atoms with van der Waals surface area (Å²) in [5.74, 6) is -4.06. The van der Waals surface area contributed by atoms with E-state index in [0.717, 1.165) is 6.07 Å². The molecule has 4 atom stereocenters. The predicted molar refractivity (Wildman–Crippen MR) is 204 cm³/mol. The van der Waals surface area contributed by atoms with E-state index >= 15 is 8.78 Å². The second kappa shape index (κ2) is 20.3. The number of methoxy groups -OCH3 is 2. The molecule has 1 fully saturated rings. The summed E-state index contributed by atoms with van der Waals surface area (Å²) in [5.41, 5.74) is -1.97. The molecule has 298 valence electrons. The molecule has 1 saturated heterocycles. The third kappa shape index (κ3) is 11.1. The number of carbonyl (C=O) groups is 2. The van der Waals surface area contributed by atoms with Gasteiger partial charge in [-0.05, 0) is 53.8 Å². The van der Waals surface area contributed by atoms with Crippen molar-refractivity contribution in [1.29, 1.82) is 5.26 Å². The van der Waals surface area contributed by atoms with Gasteiger partial charge in [0.25, 0.3) is 0 Å². The second-order valence-corrected chi connectivity index (χ2v) is 14.9. The molecule has 0 aromatic heterocycles. The van der Waals surface area contributed by atoms with Crippen LogP contribution in [0.2, 0.25) is 10.0 Å². The van der Waals surface area contributed by atoms with Crippen molar-refractivity contribution in [3.63, 3.8) is 0 Å². The van der Waals surface area contributed by atoms with Crippen LogP contribution in [0.3, 0.4) is 0 Å². The normalized spacial score (nSPS) is 19.5. The van der Waals surface area contributed by atoms with Gasteiger partial charge >= 0.3 is 5.97 Å². The Hall–Kier alpha value is -3.87. The fourth-order valence-corrected chi connectivity index (χ4v) is 6.99. The first-order chi connectivity index (χ1) is 26.3. The van der Waals surface area contributed by atoms with E-state index < -0.39 is 52.3 Å². The zero-order chi connectivity index (χ0) is 40.2. The molecule has 1 aliphatic heterocycles. The van der Waals surface area contributed by atoms with Crippen molar-refractivity contribution in [1.82, 2.24) is 5.32 Å². The van der Waals surface area contributed by atoms with E-state index in [4.69, 9.17) is 51.6 Å². The summed E-state index contributed by atoms with van der Waals surface area (Å²) in [5, 5.41) is 17.1. The van der Waals surface area contributed by atoms with Crippen LogP contribution in [0, 0.1) is 28.4 Å². The van der Waals surface area contributed by atoms with Gasteiger partial charge in [0, 0.05) is 29.7 Å². The Labute approximate surface area is 330 Å². The second-order valence-electron chi connectivity index (χ2n) is 14.1. The first-order valence-corrected chi connectivity index (χ1v) is 18.5. The van der Waals surface area contributed by atoms with Crippen molar-refractivity contribution < 1.29 is 46.8 Å². The van der Waals surface area contributed by atoms with E-state index in [9.17, 15) is 14.9 Å². The van der Waals surface area contributed by atoms with Gasteiger partial charge in [-0.15, -0.1) is 0 Å². The highest BCUT2D eigenvalue weighted by atomic mass is 35.5. The number of hydrogen-bond donors (Lipinski definition) is 2. The highest BCUT2D eigenvalue weighted by Crippen LogP contribution is 2.53. The van der Waals surface area contributed by atoms with Crippen LogP contribution in [-0.2, 0) is 33.9 Å². The van der Waals surface area contributed by atoms with Gasteiger partial charge in [-0.25, -0.2) is 13.6 Å². The Bertz CT molecular complexity index is 1820. The molecule has 55 heavy (non-hydrogen) atoms. The molecule has 11 nitrogen and oxygen atoms in total. The maximum Gasteiger partial charge on any atom is 0.338 e. The molecule has 4 unspecified atom stereocenters. The number of rotatable bonds is 19. The summed E-state index contributed by atoms with van der Waals surface area (Å²) >= 11 is 12.4. The highest BCUT2D eigenvalue weighted by molar-refractivity contribution is 6.31. The number of carbonyl (C=O) groups excluding carboxylic acids is 2. The molecule has 0 saturated carbocycles. The Morgan fingerprint density at radius 2 is 1.56 bits per heavy atom. The van der Waals surface area contributed by atoms with Crippen LogP contribution < -0.4 is 15.4 Å². The van der Waals surface area contributed by atoms with Gasteiger partial charge in [-0.3, -0.25) is 4.79 Å². The van der Waals surface area contributed by atoms with Gasteiger partial charge in [-0.1, -0.05) is 62.2 Å². The van der Waals surface area contributed by atoms with Gasteiger partial charge in [0.05, 0.1) is 81.7 Å². The van der Waals surface area contributed by atoms with E-state index in [1.807, 2.05) is 20.8 Å². The van der Waals surface area contributed by atoms with Crippen LogP contribution in [0.15, 0.2) is 54.6 Å². The minimum absolute atomic E-state index is 0.0147. The SMILES string of the molecule is COCCOCCOCCOCCOC(=O)c1ccc(NC(=O)C2NC(CC(C)(C)C)C(C#N)(c3ccc(Cl)cc3F)C2c2cccc(Cl)c2F)c(OC)c1. The van der Waals surface area contributed by atoms with Crippen molar-refractivity contribution in [2.24, 2.45) is 5.41 Å². The van der Waals surface area contributed by atoms with E-state index in [-0.39, 0.29) is 51.4 Å². The van der Waals surface area contributed by atoms with Crippen LogP contribution in [0.1, 0.15) is 54.6 Å². The summed E-state index contributed by atoms with van der Waals surface area (Å²) in [6, 6.07) is 12.8. The summed E-state index contributed by atoms with van der Waals surface area (Å²) < 4.78 is 63.9. The topological polar surface area (TPSA) is 137 Å². The van der Waals surface area contributed by atoms with Crippen molar-refractivity contribution in [3.8, 4) is 11.8 Å². The maximum absolute atomic E-state index is 16.0. The largest absolute Gasteiger partial charge is 0.495 e. The molecular weight excluding hydrogens is 759 g/mol. The number of nitriles is 1. The molecule has 0 radical (unpaired) electrons. The number of benzene rings is 3. The average Bonchev–Trinajstić information content (AvgIpc) is 3.46. The van der Waals surface area contributed by atoms with E-state index in [1.54, 1.807) is 7.11 Å². The van der Waals surface area contributed by atoms with Gasteiger partial charge in [0.2, 0.25) is 5.91 Å². The monoisotopic (exact) mass is 805 g/mol. The summed E-state index contributed by atoms with van der Waals surface area (Å²) in [6.45, 7) is 8.50. The van der Waals surface area contributed by atoms with Crippen molar-refractivity contribution in [3.05, 3.63) is 93.0 Å². The highest BCUT2D eigenvalue weighted by Gasteiger charge is 2.61. The molecule has 15 heteroatoms. The van der Waals surface area contributed by atoms with Crippen LogP contribution in [0.25, 0.3) is 0 Å².